The molecule has 1 aliphatic rings. The first-order chi connectivity index (χ1) is 12.5. The average molecular weight is 373 g/mol. The summed E-state index contributed by atoms with van der Waals surface area (Å²) in [5, 5.41) is 0.543. The van der Waals surface area contributed by atoms with Crippen molar-refractivity contribution < 1.29 is 14.3 Å². The molecule has 1 amide bonds. The van der Waals surface area contributed by atoms with Crippen molar-refractivity contribution in [3.05, 3.63) is 65.2 Å². The summed E-state index contributed by atoms with van der Waals surface area (Å²) in [6, 6.07) is 16.5. The fraction of sp³-hybridized carbons (Fsp3) is 0.300. The van der Waals surface area contributed by atoms with E-state index in [2.05, 4.69) is 17.0 Å². The number of halogens is 1. The molecule has 3 rings (SSSR count). The predicted octanol–water partition coefficient (Wildman–Crippen LogP) is 3.23. The number of ether oxygens (including phenoxy) is 1. The van der Waals surface area contributed by atoms with Crippen LogP contribution < -0.4 is 4.90 Å². The van der Waals surface area contributed by atoms with E-state index in [4.69, 9.17) is 16.3 Å². The molecule has 1 atom stereocenters. The third-order valence-corrected chi connectivity index (χ3v) is 4.68. The highest BCUT2D eigenvalue weighted by Crippen LogP contribution is 2.17. The summed E-state index contributed by atoms with van der Waals surface area (Å²) in [6.45, 7) is 4.34. The normalized spacial score (nSPS) is 15.5. The van der Waals surface area contributed by atoms with Crippen LogP contribution in [0.15, 0.2) is 54.6 Å². The van der Waals surface area contributed by atoms with Crippen molar-refractivity contribution in [2.45, 2.75) is 13.0 Å². The summed E-state index contributed by atoms with van der Waals surface area (Å²) < 4.78 is 5.32. The van der Waals surface area contributed by atoms with Gasteiger partial charge in [0.05, 0.1) is 5.56 Å². The first kappa shape index (κ1) is 18.3. The number of benzene rings is 2. The van der Waals surface area contributed by atoms with Gasteiger partial charge in [-0.05, 0) is 43.3 Å². The van der Waals surface area contributed by atoms with E-state index in [0.29, 0.717) is 23.7 Å². The lowest BCUT2D eigenvalue weighted by Gasteiger charge is -2.37. The molecular weight excluding hydrogens is 352 g/mol. The standard InChI is InChI=1S/C20H21ClN2O3/c1-15(26-20(25)16-7-9-17(21)10-8-16)19(24)23-13-11-22(12-14-23)18-5-3-2-4-6-18/h2-10,15H,11-14H2,1H3. The van der Waals surface area contributed by atoms with Crippen molar-refractivity contribution in [3.8, 4) is 0 Å². The maximum atomic E-state index is 12.6. The number of anilines is 1. The highest BCUT2D eigenvalue weighted by Gasteiger charge is 2.27. The predicted molar refractivity (Wildman–Crippen MR) is 102 cm³/mol. The molecule has 0 saturated carbocycles. The molecule has 6 heteroatoms. The van der Waals surface area contributed by atoms with Crippen molar-refractivity contribution in [1.82, 2.24) is 4.90 Å². The Kier molecular flexibility index (Phi) is 5.78. The third kappa shape index (κ3) is 4.35. The van der Waals surface area contributed by atoms with E-state index in [9.17, 15) is 9.59 Å². The van der Waals surface area contributed by atoms with E-state index >= 15 is 0 Å². The number of piperazine rings is 1. The van der Waals surface area contributed by atoms with E-state index in [1.807, 2.05) is 18.2 Å². The summed E-state index contributed by atoms with van der Waals surface area (Å²) in [5.41, 5.74) is 1.53. The molecule has 2 aromatic carbocycles. The maximum absolute atomic E-state index is 12.6. The Hall–Kier alpha value is -2.53. The van der Waals surface area contributed by atoms with Gasteiger partial charge < -0.3 is 14.5 Å². The molecule has 0 aliphatic carbocycles. The maximum Gasteiger partial charge on any atom is 0.338 e. The van der Waals surface area contributed by atoms with Crippen molar-refractivity contribution in [3.63, 3.8) is 0 Å². The number of nitrogens with zero attached hydrogens (tertiary/aromatic N) is 2. The third-order valence-electron chi connectivity index (χ3n) is 4.42. The first-order valence-electron chi connectivity index (χ1n) is 8.60. The van der Waals surface area contributed by atoms with Gasteiger partial charge in [-0.15, -0.1) is 0 Å². The van der Waals surface area contributed by atoms with Gasteiger partial charge >= 0.3 is 5.97 Å². The highest BCUT2D eigenvalue weighted by molar-refractivity contribution is 6.30. The molecule has 1 aliphatic heterocycles. The summed E-state index contributed by atoms with van der Waals surface area (Å²) in [5.74, 6) is -0.689. The highest BCUT2D eigenvalue weighted by atomic mass is 35.5. The van der Waals surface area contributed by atoms with Crippen LogP contribution in [-0.2, 0) is 9.53 Å². The minimum Gasteiger partial charge on any atom is -0.449 e. The van der Waals surface area contributed by atoms with Crippen LogP contribution in [0.3, 0.4) is 0 Å². The zero-order chi connectivity index (χ0) is 18.5. The van der Waals surface area contributed by atoms with Crippen LogP contribution in [-0.4, -0.2) is 49.1 Å². The fourth-order valence-corrected chi connectivity index (χ4v) is 3.07. The molecule has 0 spiro atoms. The topological polar surface area (TPSA) is 49.9 Å². The summed E-state index contributed by atoms with van der Waals surface area (Å²) in [7, 11) is 0. The second-order valence-electron chi connectivity index (χ2n) is 6.20. The molecular formula is C20H21ClN2O3. The molecule has 26 heavy (non-hydrogen) atoms. The monoisotopic (exact) mass is 372 g/mol. The minimum absolute atomic E-state index is 0.167. The number of hydrogen-bond donors (Lipinski definition) is 0. The van der Waals surface area contributed by atoms with Gasteiger partial charge in [-0.3, -0.25) is 4.79 Å². The van der Waals surface area contributed by atoms with E-state index in [0.717, 1.165) is 18.8 Å². The number of esters is 1. The molecule has 0 aromatic heterocycles. The fourth-order valence-electron chi connectivity index (χ4n) is 2.95. The van der Waals surface area contributed by atoms with Gasteiger partial charge in [-0.2, -0.15) is 0 Å². The van der Waals surface area contributed by atoms with Gasteiger partial charge in [0.1, 0.15) is 0 Å². The van der Waals surface area contributed by atoms with E-state index in [-0.39, 0.29) is 5.91 Å². The van der Waals surface area contributed by atoms with Crippen LogP contribution in [0.25, 0.3) is 0 Å². The summed E-state index contributed by atoms with van der Waals surface area (Å²) >= 11 is 5.81. The molecule has 0 N–H and O–H groups in total. The average Bonchev–Trinajstić information content (AvgIpc) is 2.68. The second-order valence-corrected chi connectivity index (χ2v) is 6.64. The van der Waals surface area contributed by atoms with Crippen LogP contribution in [0.2, 0.25) is 5.02 Å². The first-order valence-corrected chi connectivity index (χ1v) is 8.98. The molecule has 2 aromatic rings. The largest absolute Gasteiger partial charge is 0.449 e. The lowest BCUT2D eigenvalue weighted by molar-refractivity contribution is -0.140. The smallest absolute Gasteiger partial charge is 0.338 e. The number of carbonyl (C=O) groups is 2. The Balaban J connectivity index is 1.53. The molecule has 5 nitrogen and oxygen atoms in total. The molecule has 1 saturated heterocycles. The van der Waals surface area contributed by atoms with Gasteiger partial charge in [0.15, 0.2) is 6.10 Å². The Morgan fingerprint density at radius 1 is 0.962 bits per heavy atom. The van der Waals surface area contributed by atoms with Crippen LogP contribution in [0.5, 0.6) is 0 Å². The molecule has 0 radical (unpaired) electrons. The van der Waals surface area contributed by atoms with Gasteiger partial charge in [-0.1, -0.05) is 29.8 Å². The molecule has 1 unspecified atom stereocenters. The van der Waals surface area contributed by atoms with Crippen molar-refractivity contribution in [2.75, 3.05) is 31.1 Å². The van der Waals surface area contributed by atoms with Crippen LogP contribution in [0.4, 0.5) is 5.69 Å². The van der Waals surface area contributed by atoms with Crippen LogP contribution in [0.1, 0.15) is 17.3 Å². The number of hydrogen-bond acceptors (Lipinski definition) is 4. The molecule has 136 valence electrons. The van der Waals surface area contributed by atoms with Crippen molar-refractivity contribution >= 4 is 29.2 Å². The Labute approximate surface area is 158 Å². The molecule has 1 fully saturated rings. The minimum atomic E-state index is -0.818. The Morgan fingerprint density at radius 3 is 2.19 bits per heavy atom. The van der Waals surface area contributed by atoms with E-state index in [1.54, 1.807) is 36.1 Å². The van der Waals surface area contributed by atoms with Crippen molar-refractivity contribution in [1.29, 1.82) is 0 Å². The summed E-state index contributed by atoms with van der Waals surface area (Å²) in [6.07, 6.45) is -0.818. The lowest BCUT2D eigenvalue weighted by Crippen LogP contribution is -2.51. The van der Waals surface area contributed by atoms with E-state index in [1.165, 1.54) is 0 Å². The Bertz CT molecular complexity index is 756. The number of amides is 1. The van der Waals surface area contributed by atoms with Gasteiger partial charge in [0.25, 0.3) is 5.91 Å². The SMILES string of the molecule is CC(OC(=O)c1ccc(Cl)cc1)C(=O)N1CCN(c2ccccc2)CC1. The van der Waals surface area contributed by atoms with Crippen molar-refractivity contribution in [2.24, 2.45) is 0 Å². The zero-order valence-corrected chi connectivity index (χ0v) is 15.4. The van der Waals surface area contributed by atoms with Crippen LogP contribution >= 0.6 is 11.6 Å². The quantitative estimate of drug-likeness (QED) is 0.773. The zero-order valence-electron chi connectivity index (χ0n) is 14.6. The van der Waals surface area contributed by atoms with Gasteiger partial charge in [0, 0.05) is 36.9 Å². The van der Waals surface area contributed by atoms with Gasteiger partial charge in [-0.25, -0.2) is 4.79 Å². The van der Waals surface area contributed by atoms with Gasteiger partial charge in [0.2, 0.25) is 0 Å². The lowest BCUT2D eigenvalue weighted by atomic mass is 10.2. The second kappa shape index (κ2) is 8.23. The number of carbonyl (C=O) groups excluding carboxylic acids is 2. The number of para-hydroxylation sites is 1. The summed E-state index contributed by atoms with van der Waals surface area (Å²) in [4.78, 5) is 28.7. The Morgan fingerprint density at radius 2 is 1.58 bits per heavy atom. The van der Waals surface area contributed by atoms with E-state index < -0.39 is 12.1 Å². The van der Waals surface area contributed by atoms with Crippen LogP contribution in [0, 0.1) is 0 Å². The molecule has 1 heterocycles. The number of rotatable bonds is 4. The molecule has 0 bridgehead atoms.